The van der Waals surface area contributed by atoms with Crippen LogP contribution in [0.2, 0.25) is 0 Å². The molecule has 3 rings (SSSR count). The Balaban J connectivity index is 1.83. The molecular weight excluding hydrogens is 306 g/mol. The van der Waals surface area contributed by atoms with Gasteiger partial charge in [0.25, 0.3) is 0 Å². The van der Waals surface area contributed by atoms with Crippen LogP contribution in [-0.2, 0) is 9.53 Å². The summed E-state index contributed by atoms with van der Waals surface area (Å²) in [5.41, 5.74) is 2.08. The molecule has 1 atom stereocenters. The van der Waals surface area contributed by atoms with Gasteiger partial charge in [-0.25, -0.2) is 4.79 Å². The summed E-state index contributed by atoms with van der Waals surface area (Å²) in [6, 6.07) is 7.37. The van der Waals surface area contributed by atoms with Gasteiger partial charge in [0.1, 0.15) is 6.04 Å². The first-order valence-electron chi connectivity index (χ1n) is 8.59. The van der Waals surface area contributed by atoms with Crippen molar-refractivity contribution in [3.63, 3.8) is 0 Å². The maximum Gasteiger partial charge on any atom is 0.321 e. The Bertz CT molecular complexity index is 594. The molecular formula is C18H25N3O3. The molecule has 2 saturated heterocycles. The number of nitrogens with one attached hydrogen (secondary N) is 1. The first kappa shape index (κ1) is 16.8. The largest absolute Gasteiger partial charge is 0.378 e. The lowest BCUT2D eigenvalue weighted by atomic mass is 9.97. The van der Waals surface area contributed by atoms with Crippen LogP contribution in [0.25, 0.3) is 0 Å². The fraction of sp³-hybridized carbons (Fsp3) is 0.556. The Morgan fingerprint density at radius 3 is 2.46 bits per heavy atom. The molecule has 1 unspecified atom stereocenters. The third-order valence-electron chi connectivity index (χ3n) is 4.66. The second-order valence-electron chi connectivity index (χ2n) is 6.59. The van der Waals surface area contributed by atoms with E-state index < -0.39 is 6.04 Å². The van der Waals surface area contributed by atoms with Crippen LogP contribution < -0.4 is 5.32 Å². The van der Waals surface area contributed by atoms with Gasteiger partial charge in [-0.2, -0.15) is 0 Å². The SMILES string of the molecule is CC(C)c1ccc(C2C(=O)NCCN2C(=O)N2CCOCC2)cc1. The lowest BCUT2D eigenvalue weighted by Crippen LogP contribution is -2.57. The van der Waals surface area contributed by atoms with Crippen molar-refractivity contribution < 1.29 is 14.3 Å². The first-order valence-corrected chi connectivity index (χ1v) is 8.59. The van der Waals surface area contributed by atoms with Crippen LogP contribution in [0.15, 0.2) is 24.3 Å². The summed E-state index contributed by atoms with van der Waals surface area (Å²) >= 11 is 0. The number of nitrogens with zero attached hydrogens (tertiary/aromatic N) is 2. The van der Waals surface area contributed by atoms with Crippen LogP contribution in [0.4, 0.5) is 4.79 Å². The first-order chi connectivity index (χ1) is 11.6. The normalized spacial score (nSPS) is 21.8. The highest BCUT2D eigenvalue weighted by molar-refractivity contribution is 5.89. The molecule has 1 aromatic rings. The van der Waals surface area contributed by atoms with Crippen molar-refractivity contribution in [1.29, 1.82) is 0 Å². The summed E-state index contributed by atoms with van der Waals surface area (Å²) < 4.78 is 5.31. The van der Waals surface area contributed by atoms with E-state index in [9.17, 15) is 9.59 Å². The molecule has 6 heteroatoms. The van der Waals surface area contributed by atoms with E-state index in [1.54, 1.807) is 9.80 Å². The zero-order chi connectivity index (χ0) is 17.1. The molecule has 1 aromatic carbocycles. The molecule has 0 saturated carbocycles. The molecule has 2 fully saturated rings. The minimum atomic E-state index is -0.560. The van der Waals surface area contributed by atoms with Crippen LogP contribution in [0.5, 0.6) is 0 Å². The van der Waals surface area contributed by atoms with E-state index in [1.165, 1.54) is 5.56 Å². The lowest BCUT2D eigenvalue weighted by Gasteiger charge is -2.39. The number of rotatable bonds is 2. The summed E-state index contributed by atoms with van der Waals surface area (Å²) in [4.78, 5) is 28.8. The van der Waals surface area contributed by atoms with Gasteiger partial charge in [-0.3, -0.25) is 4.79 Å². The molecule has 0 aromatic heterocycles. The molecule has 2 aliphatic rings. The number of hydrogen-bond donors (Lipinski definition) is 1. The van der Waals surface area contributed by atoms with E-state index in [2.05, 4.69) is 19.2 Å². The van der Waals surface area contributed by atoms with Gasteiger partial charge in [0.05, 0.1) is 13.2 Å². The van der Waals surface area contributed by atoms with Crippen molar-refractivity contribution in [2.24, 2.45) is 0 Å². The smallest absolute Gasteiger partial charge is 0.321 e. The van der Waals surface area contributed by atoms with Gasteiger partial charge in [-0.1, -0.05) is 38.1 Å². The highest BCUT2D eigenvalue weighted by Gasteiger charge is 2.36. The molecule has 24 heavy (non-hydrogen) atoms. The van der Waals surface area contributed by atoms with E-state index in [1.807, 2.05) is 24.3 Å². The summed E-state index contributed by atoms with van der Waals surface area (Å²) in [5.74, 6) is 0.325. The minimum Gasteiger partial charge on any atom is -0.378 e. The molecule has 6 nitrogen and oxygen atoms in total. The molecule has 2 aliphatic heterocycles. The Kier molecular flexibility index (Phi) is 5.04. The zero-order valence-electron chi connectivity index (χ0n) is 14.3. The van der Waals surface area contributed by atoms with Crippen molar-refractivity contribution in [2.45, 2.75) is 25.8 Å². The highest BCUT2D eigenvalue weighted by Crippen LogP contribution is 2.26. The summed E-state index contributed by atoms with van der Waals surface area (Å²) in [6.07, 6.45) is 0. The molecule has 1 N–H and O–H groups in total. The molecule has 0 radical (unpaired) electrons. The van der Waals surface area contributed by atoms with Crippen LogP contribution in [0, 0.1) is 0 Å². The van der Waals surface area contributed by atoms with Gasteiger partial charge in [0.15, 0.2) is 0 Å². The number of carbonyl (C=O) groups excluding carboxylic acids is 2. The molecule has 130 valence electrons. The maximum atomic E-state index is 12.9. The summed E-state index contributed by atoms with van der Waals surface area (Å²) in [7, 11) is 0. The second kappa shape index (κ2) is 7.21. The predicted molar refractivity (Wildman–Crippen MR) is 90.8 cm³/mol. The van der Waals surface area contributed by atoms with E-state index >= 15 is 0 Å². The monoisotopic (exact) mass is 331 g/mol. The number of amides is 3. The number of carbonyl (C=O) groups is 2. The van der Waals surface area contributed by atoms with Crippen LogP contribution in [0.3, 0.4) is 0 Å². The van der Waals surface area contributed by atoms with E-state index in [0.717, 1.165) is 5.56 Å². The zero-order valence-corrected chi connectivity index (χ0v) is 14.3. The van der Waals surface area contributed by atoms with Gasteiger partial charge >= 0.3 is 6.03 Å². The molecule has 0 bridgehead atoms. The third kappa shape index (κ3) is 3.38. The van der Waals surface area contributed by atoms with E-state index in [0.29, 0.717) is 45.3 Å². The summed E-state index contributed by atoms with van der Waals surface area (Å²) in [6.45, 7) is 7.56. The number of ether oxygens (including phenoxy) is 1. The molecule has 3 amide bonds. The van der Waals surface area contributed by atoms with Gasteiger partial charge in [0.2, 0.25) is 5.91 Å². The van der Waals surface area contributed by atoms with Crippen LogP contribution in [0.1, 0.15) is 36.9 Å². The Morgan fingerprint density at radius 1 is 1.17 bits per heavy atom. The van der Waals surface area contributed by atoms with E-state index in [4.69, 9.17) is 4.74 Å². The topological polar surface area (TPSA) is 61.9 Å². The van der Waals surface area contributed by atoms with Crippen molar-refractivity contribution in [3.8, 4) is 0 Å². The Labute approximate surface area is 142 Å². The molecule has 0 aliphatic carbocycles. The standard InChI is InChI=1S/C18H25N3O3/c1-13(2)14-3-5-15(6-4-14)16-17(22)19-7-8-21(16)18(23)20-9-11-24-12-10-20/h3-6,13,16H,7-12H2,1-2H3,(H,19,22). The minimum absolute atomic E-state index is 0.0777. The quantitative estimate of drug-likeness (QED) is 0.898. The number of morpholine rings is 1. The fourth-order valence-corrected chi connectivity index (χ4v) is 3.20. The Hall–Kier alpha value is -2.08. The van der Waals surface area contributed by atoms with Crippen molar-refractivity contribution in [1.82, 2.24) is 15.1 Å². The second-order valence-corrected chi connectivity index (χ2v) is 6.59. The molecule has 0 spiro atoms. The lowest BCUT2D eigenvalue weighted by molar-refractivity contribution is -0.128. The number of urea groups is 1. The van der Waals surface area contributed by atoms with Crippen molar-refractivity contribution in [3.05, 3.63) is 35.4 Å². The van der Waals surface area contributed by atoms with Gasteiger partial charge in [-0.05, 0) is 17.0 Å². The maximum absolute atomic E-state index is 12.9. The Morgan fingerprint density at radius 2 is 1.83 bits per heavy atom. The van der Waals surface area contributed by atoms with Gasteiger partial charge < -0.3 is 19.9 Å². The third-order valence-corrected chi connectivity index (χ3v) is 4.66. The van der Waals surface area contributed by atoms with Crippen LogP contribution in [-0.4, -0.2) is 61.1 Å². The van der Waals surface area contributed by atoms with Crippen LogP contribution >= 0.6 is 0 Å². The molecule has 2 heterocycles. The van der Waals surface area contributed by atoms with Crippen molar-refractivity contribution in [2.75, 3.05) is 39.4 Å². The average molecular weight is 331 g/mol. The van der Waals surface area contributed by atoms with Crippen molar-refractivity contribution >= 4 is 11.9 Å². The van der Waals surface area contributed by atoms with Gasteiger partial charge in [0, 0.05) is 26.2 Å². The number of piperazine rings is 1. The summed E-state index contributed by atoms with van der Waals surface area (Å²) in [5, 5.41) is 2.88. The number of benzene rings is 1. The van der Waals surface area contributed by atoms with E-state index in [-0.39, 0.29) is 11.9 Å². The highest BCUT2D eigenvalue weighted by atomic mass is 16.5. The predicted octanol–water partition coefficient (Wildman–Crippen LogP) is 1.74. The fourth-order valence-electron chi connectivity index (χ4n) is 3.20. The average Bonchev–Trinajstić information content (AvgIpc) is 2.61. The number of hydrogen-bond acceptors (Lipinski definition) is 3. The van der Waals surface area contributed by atoms with Gasteiger partial charge in [-0.15, -0.1) is 0 Å².